The van der Waals surface area contributed by atoms with Gasteiger partial charge < -0.3 is 9.47 Å². The molecule has 0 heterocycles. The van der Waals surface area contributed by atoms with Crippen LogP contribution >= 0.6 is 0 Å². The van der Waals surface area contributed by atoms with Crippen molar-refractivity contribution in [2.45, 2.75) is 32.0 Å². The van der Waals surface area contributed by atoms with Gasteiger partial charge in [0.2, 0.25) is 0 Å². The van der Waals surface area contributed by atoms with E-state index in [0.29, 0.717) is 13.0 Å². The summed E-state index contributed by atoms with van der Waals surface area (Å²) < 4.78 is 11.2. The van der Waals surface area contributed by atoms with Gasteiger partial charge in [-0.2, -0.15) is 5.26 Å². The Balaban J connectivity index is 1.97. The van der Waals surface area contributed by atoms with E-state index in [4.69, 9.17) is 14.7 Å². The molecule has 0 aliphatic heterocycles. The summed E-state index contributed by atoms with van der Waals surface area (Å²) in [5.74, 6) is 0.845. The molecule has 114 valence electrons. The summed E-state index contributed by atoms with van der Waals surface area (Å²) in [5.41, 5.74) is 2.27. The van der Waals surface area contributed by atoms with Crippen molar-refractivity contribution in [2.24, 2.45) is 0 Å². The monoisotopic (exact) mass is 295 g/mol. The predicted octanol–water partition coefficient (Wildman–Crippen LogP) is 4.65. The third-order valence-electron chi connectivity index (χ3n) is 3.54. The summed E-state index contributed by atoms with van der Waals surface area (Å²) in [4.78, 5) is 0. The minimum Gasteiger partial charge on any atom is -0.497 e. The van der Waals surface area contributed by atoms with Crippen LogP contribution in [0.4, 0.5) is 0 Å². The maximum atomic E-state index is 8.70. The number of rotatable bonds is 8. The van der Waals surface area contributed by atoms with E-state index in [2.05, 4.69) is 18.2 Å². The van der Waals surface area contributed by atoms with Gasteiger partial charge in [0, 0.05) is 6.42 Å². The van der Waals surface area contributed by atoms with Crippen LogP contribution in [0.2, 0.25) is 0 Å². The Hall–Kier alpha value is -2.31. The summed E-state index contributed by atoms with van der Waals surface area (Å²) in [6, 6.07) is 20.3. The smallest absolute Gasteiger partial charge is 0.118 e. The lowest BCUT2D eigenvalue weighted by molar-refractivity contribution is 0.0328. The van der Waals surface area contributed by atoms with Crippen LogP contribution < -0.4 is 4.74 Å². The average Bonchev–Trinajstić information content (AvgIpc) is 2.59. The second-order valence-corrected chi connectivity index (χ2v) is 5.11. The average molecular weight is 295 g/mol. The quantitative estimate of drug-likeness (QED) is 0.666. The van der Waals surface area contributed by atoms with Gasteiger partial charge in [0.05, 0.1) is 25.9 Å². The minimum absolute atomic E-state index is 0.0247. The van der Waals surface area contributed by atoms with E-state index < -0.39 is 0 Å². The number of nitriles is 1. The molecular weight excluding hydrogens is 274 g/mol. The van der Waals surface area contributed by atoms with Crippen molar-refractivity contribution in [2.75, 3.05) is 7.11 Å². The molecule has 3 nitrogen and oxygen atoms in total. The molecule has 0 aliphatic rings. The van der Waals surface area contributed by atoms with Gasteiger partial charge in [-0.25, -0.2) is 0 Å². The SMILES string of the molecule is COc1ccc(CO[C@@H](CCCC#N)c2ccccc2)cc1. The van der Waals surface area contributed by atoms with Crippen molar-refractivity contribution < 1.29 is 9.47 Å². The van der Waals surface area contributed by atoms with Crippen molar-refractivity contribution in [3.05, 3.63) is 65.7 Å². The molecule has 0 aliphatic carbocycles. The molecule has 2 aromatic carbocycles. The Morgan fingerprint density at radius 2 is 1.77 bits per heavy atom. The Bertz CT molecular complexity index is 587. The summed E-state index contributed by atoms with van der Waals surface area (Å²) in [6.07, 6.45) is 2.29. The molecule has 0 spiro atoms. The highest BCUT2D eigenvalue weighted by Gasteiger charge is 2.11. The maximum Gasteiger partial charge on any atom is 0.118 e. The van der Waals surface area contributed by atoms with Gasteiger partial charge in [-0.05, 0) is 36.1 Å². The van der Waals surface area contributed by atoms with E-state index in [1.807, 2.05) is 42.5 Å². The summed E-state index contributed by atoms with van der Waals surface area (Å²) in [7, 11) is 1.66. The van der Waals surface area contributed by atoms with E-state index in [1.165, 1.54) is 0 Å². The fourth-order valence-corrected chi connectivity index (χ4v) is 2.30. The highest BCUT2D eigenvalue weighted by molar-refractivity contribution is 5.26. The summed E-state index contributed by atoms with van der Waals surface area (Å²) in [5, 5.41) is 8.70. The van der Waals surface area contributed by atoms with Crippen molar-refractivity contribution in [3.63, 3.8) is 0 Å². The van der Waals surface area contributed by atoms with E-state index in [0.717, 1.165) is 29.7 Å². The Morgan fingerprint density at radius 3 is 2.41 bits per heavy atom. The zero-order chi connectivity index (χ0) is 15.6. The molecule has 0 amide bonds. The molecular formula is C19H21NO2. The minimum atomic E-state index is 0.0247. The lowest BCUT2D eigenvalue weighted by atomic mass is 10.0. The van der Waals surface area contributed by atoms with Crippen LogP contribution in [0.15, 0.2) is 54.6 Å². The van der Waals surface area contributed by atoms with Crippen LogP contribution in [0.25, 0.3) is 0 Å². The highest BCUT2D eigenvalue weighted by Crippen LogP contribution is 2.25. The molecule has 2 rings (SSSR count). The first kappa shape index (κ1) is 16.1. The van der Waals surface area contributed by atoms with Crippen molar-refractivity contribution in [1.29, 1.82) is 5.26 Å². The van der Waals surface area contributed by atoms with Gasteiger partial charge >= 0.3 is 0 Å². The molecule has 2 aromatic rings. The van der Waals surface area contributed by atoms with E-state index in [9.17, 15) is 0 Å². The van der Waals surface area contributed by atoms with Crippen molar-refractivity contribution >= 4 is 0 Å². The van der Waals surface area contributed by atoms with Crippen LogP contribution in [0.1, 0.15) is 36.5 Å². The van der Waals surface area contributed by atoms with Crippen LogP contribution in [0, 0.1) is 11.3 Å². The highest BCUT2D eigenvalue weighted by atomic mass is 16.5. The molecule has 0 radical (unpaired) electrons. The summed E-state index contributed by atoms with van der Waals surface area (Å²) in [6.45, 7) is 0.552. The molecule has 0 N–H and O–H groups in total. The standard InChI is InChI=1S/C19H21NO2/c1-21-18-12-10-16(11-13-18)15-22-19(9-5-6-14-20)17-7-3-2-4-8-17/h2-4,7-8,10-13,19H,5-6,9,15H2,1H3/t19-/m0/s1. The first-order valence-electron chi connectivity index (χ1n) is 7.50. The zero-order valence-corrected chi connectivity index (χ0v) is 12.9. The lowest BCUT2D eigenvalue weighted by Crippen LogP contribution is -2.05. The van der Waals surface area contributed by atoms with Gasteiger partial charge in [-0.3, -0.25) is 0 Å². The van der Waals surface area contributed by atoms with Crippen LogP contribution in [0.3, 0.4) is 0 Å². The number of hydrogen-bond acceptors (Lipinski definition) is 3. The molecule has 0 unspecified atom stereocenters. The second kappa shape index (κ2) is 8.86. The lowest BCUT2D eigenvalue weighted by Gasteiger charge is -2.18. The van der Waals surface area contributed by atoms with Gasteiger partial charge in [0.1, 0.15) is 5.75 Å². The topological polar surface area (TPSA) is 42.2 Å². The molecule has 22 heavy (non-hydrogen) atoms. The number of methoxy groups -OCH3 is 1. The van der Waals surface area contributed by atoms with Gasteiger partial charge in [-0.1, -0.05) is 42.5 Å². The number of benzene rings is 2. The largest absolute Gasteiger partial charge is 0.497 e. The Labute approximate surface area is 132 Å². The van der Waals surface area contributed by atoms with Gasteiger partial charge in [-0.15, -0.1) is 0 Å². The first-order chi connectivity index (χ1) is 10.8. The molecule has 0 bridgehead atoms. The fraction of sp³-hybridized carbons (Fsp3) is 0.316. The van der Waals surface area contributed by atoms with E-state index in [-0.39, 0.29) is 6.10 Å². The van der Waals surface area contributed by atoms with Crippen molar-refractivity contribution in [3.8, 4) is 11.8 Å². The van der Waals surface area contributed by atoms with Crippen molar-refractivity contribution in [1.82, 2.24) is 0 Å². The first-order valence-corrected chi connectivity index (χ1v) is 7.50. The normalized spacial score (nSPS) is 11.6. The fourth-order valence-electron chi connectivity index (χ4n) is 2.30. The Morgan fingerprint density at radius 1 is 1.05 bits per heavy atom. The molecule has 0 aromatic heterocycles. The van der Waals surface area contributed by atoms with Crippen LogP contribution in [-0.4, -0.2) is 7.11 Å². The van der Waals surface area contributed by atoms with Crippen LogP contribution in [0.5, 0.6) is 5.75 Å². The number of unbranched alkanes of at least 4 members (excludes halogenated alkanes) is 1. The zero-order valence-electron chi connectivity index (χ0n) is 12.9. The number of ether oxygens (including phenoxy) is 2. The third-order valence-corrected chi connectivity index (χ3v) is 3.54. The molecule has 3 heteroatoms. The second-order valence-electron chi connectivity index (χ2n) is 5.11. The predicted molar refractivity (Wildman–Crippen MR) is 86.4 cm³/mol. The number of hydrogen-bond donors (Lipinski definition) is 0. The molecule has 0 saturated heterocycles. The van der Waals surface area contributed by atoms with E-state index >= 15 is 0 Å². The van der Waals surface area contributed by atoms with Crippen LogP contribution in [-0.2, 0) is 11.3 Å². The number of nitrogens with zero attached hydrogens (tertiary/aromatic N) is 1. The van der Waals surface area contributed by atoms with E-state index in [1.54, 1.807) is 7.11 Å². The molecule has 1 atom stereocenters. The third kappa shape index (κ3) is 4.91. The maximum absolute atomic E-state index is 8.70. The Kier molecular flexibility index (Phi) is 6.47. The molecule has 0 saturated carbocycles. The van der Waals surface area contributed by atoms with Gasteiger partial charge in [0.15, 0.2) is 0 Å². The summed E-state index contributed by atoms with van der Waals surface area (Å²) >= 11 is 0. The van der Waals surface area contributed by atoms with Gasteiger partial charge in [0.25, 0.3) is 0 Å². The molecule has 0 fully saturated rings.